The average molecular weight is 259 g/mol. The molecule has 0 aromatic carbocycles. The Labute approximate surface area is 114 Å². The zero-order valence-electron chi connectivity index (χ0n) is 12.0. The Balaban J connectivity index is 2.17. The highest BCUT2D eigenvalue weighted by molar-refractivity contribution is 5.47. The Morgan fingerprint density at radius 3 is 2.37 bits per heavy atom. The van der Waals surface area contributed by atoms with E-state index in [-0.39, 0.29) is 17.1 Å². The predicted molar refractivity (Wildman–Crippen MR) is 74.7 cm³/mol. The van der Waals surface area contributed by atoms with Gasteiger partial charge in [-0.1, -0.05) is 0 Å². The standard InChI is InChI=1S/C14H21N5/c1-13(2)7-10(8-14(3,4)19-13)18-12-11(9-15)16-5-6-17-12/h5-6,10,19H,7-8H2,1-4H3,(H,17,18). The molecular formula is C14H21N5. The summed E-state index contributed by atoms with van der Waals surface area (Å²) in [4.78, 5) is 8.26. The third-order valence-electron chi connectivity index (χ3n) is 3.34. The highest BCUT2D eigenvalue weighted by atomic mass is 15.1. The van der Waals surface area contributed by atoms with E-state index in [0.29, 0.717) is 11.5 Å². The van der Waals surface area contributed by atoms with Crippen molar-refractivity contribution in [3.8, 4) is 6.07 Å². The summed E-state index contributed by atoms with van der Waals surface area (Å²) in [6.07, 6.45) is 5.12. The van der Waals surface area contributed by atoms with Crippen molar-refractivity contribution in [2.75, 3.05) is 5.32 Å². The average Bonchev–Trinajstić information content (AvgIpc) is 2.25. The van der Waals surface area contributed by atoms with Crippen LogP contribution in [0.5, 0.6) is 0 Å². The molecule has 0 atom stereocenters. The number of hydrogen-bond donors (Lipinski definition) is 2. The minimum absolute atomic E-state index is 0.0639. The van der Waals surface area contributed by atoms with Gasteiger partial charge < -0.3 is 10.6 Å². The maximum Gasteiger partial charge on any atom is 0.182 e. The van der Waals surface area contributed by atoms with Crippen LogP contribution >= 0.6 is 0 Å². The second-order valence-electron chi connectivity index (χ2n) is 6.51. The molecule has 1 aliphatic heterocycles. The van der Waals surface area contributed by atoms with Gasteiger partial charge >= 0.3 is 0 Å². The van der Waals surface area contributed by atoms with Crippen molar-refractivity contribution < 1.29 is 0 Å². The van der Waals surface area contributed by atoms with Crippen LogP contribution in [0.3, 0.4) is 0 Å². The van der Waals surface area contributed by atoms with Gasteiger partial charge in [-0.15, -0.1) is 0 Å². The van der Waals surface area contributed by atoms with E-state index >= 15 is 0 Å². The molecule has 2 rings (SSSR count). The first-order valence-corrected chi connectivity index (χ1v) is 6.58. The molecule has 0 saturated carbocycles. The third-order valence-corrected chi connectivity index (χ3v) is 3.34. The first kappa shape index (κ1) is 13.8. The van der Waals surface area contributed by atoms with Crippen LogP contribution in [0.1, 0.15) is 46.2 Å². The largest absolute Gasteiger partial charge is 0.365 e. The topological polar surface area (TPSA) is 73.6 Å². The van der Waals surface area contributed by atoms with Crippen molar-refractivity contribution in [2.45, 2.75) is 57.7 Å². The summed E-state index contributed by atoms with van der Waals surface area (Å²) in [5.74, 6) is 0.587. The minimum atomic E-state index is 0.0639. The van der Waals surface area contributed by atoms with Crippen LogP contribution in [0.2, 0.25) is 0 Å². The molecule has 1 fully saturated rings. The quantitative estimate of drug-likeness (QED) is 0.850. The van der Waals surface area contributed by atoms with Gasteiger partial charge in [-0.25, -0.2) is 9.97 Å². The van der Waals surface area contributed by atoms with E-state index in [1.54, 1.807) is 12.4 Å². The lowest BCUT2D eigenvalue weighted by atomic mass is 9.79. The molecular weight excluding hydrogens is 238 g/mol. The van der Waals surface area contributed by atoms with E-state index < -0.39 is 0 Å². The Morgan fingerprint density at radius 1 is 1.21 bits per heavy atom. The lowest BCUT2D eigenvalue weighted by Gasteiger charge is -2.46. The van der Waals surface area contributed by atoms with Crippen LogP contribution in [0, 0.1) is 11.3 Å². The maximum atomic E-state index is 9.05. The van der Waals surface area contributed by atoms with Gasteiger partial charge in [0.15, 0.2) is 11.5 Å². The summed E-state index contributed by atoms with van der Waals surface area (Å²) < 4.78 is 0. The lowest BCUT2D eigenvalue weighted by molar-refractivity contribution is 0.170. The molecule has 5 nitrogen and oxygen atoms in total. The van der Waals surface area contributed by atoms with Crippen LogP contribution in [-0.4, -0.2) is 27.1 Å². The molecule has 0 amide bonds. The number of hydrogen-bond acceptors (Lipinski definition) is 5. The fourth-order valence-electron chi connectivity index (χ4n) is 3.14. The Kier molecular flexibility index (Phi) is 3.46. The summed E-state index contributed by atoms with van der Waals surface area (Å²) in [6.45, 7) is 8.80. The number of aromatic nitrogens is 2. The number of anilines is 1. The van der Waals surface area contributed by atoms with Gasteiger partial charge in [-0.2, -0.15) is 5.26 Å². The number of nitriles is 1. The van der Waals surface area contributed by atoms with E-state index in [1.165, 1.54) is 0 Å². The van der Waals surface area contributed by atoms with E-state index in [4.69, 9.17) is 5.26 Å². The SMILES string of the molecule is CC1(C)CC(Nc2nccnc2C#N)CC(C)(C)N1. The fourth-order valence-corrected chi connectivity index (χ4v) is 3.14. The summed E-state index contributed by atoms with van der Waals surface area (Å²) >= 11 is 0. The second-order valence-corrected chi connectivity index (χ2v) is 6.51. The fraction of sp³-hybridized carbons (Fsp3) is 0.643. The number of nitrogens with zero attached hydrogens (tertiary/aromatic N) is 3. The molecule has 2 heterocycles. The van der Waals surface area contributed by atoms with E-state index in [1.807, 2.05) is 0 Å². The zero-order chi connectivity index (χ0) is 14.1. The van der Waals surface area contributed by atoms with E-state index in [2.05, 4.69) is 54.4 Å². The highest BCUT2D eigenvalue weighted by Crippen LogP contribution is 2.30. The first-order chi connectivity index (χ1) is 8.81. The normalized spacial score (nSPS) is 21.6. The second kappa shape index (κ2) is 4.78. The Hall–Kier alpha value is -1.67. The number of rotatable bonds is 2. The molecule has 5 heteroatoms. The number of nitrogens with one attached hydrogen (secondary N) is 2. The maximum absolute atomic E-state index is 9.05. The van der Waals surface area contributed by atoms with Crippen LogP contribution in [0.4, 0.5) is 5.82 Å². The minimum Gasteiger partial charge on any atom is -0.365 e. The monoisotopic (exact) mass is 259 g/mol. The van der Waals surface area contributed by atoms with Crippen molar-refractivity contribution >= 4 is 5.82 Å². The van der Waals surface area contributed by atoms with Gasteiger partial charge in [0.05, 0.1) is 0 Å². The van der Waals surface area contributed by atoms with Gasteiger partial charge in [0, 0.05) is 29.5 Å². The zero-order valence-corrected chi connectivity index (χ0v) is 12.0. The highest BCUT2D eigenvalue weighted by Gasteiger charge is 2.37. The van der Waals surface area contributed by atoms with Gasteiger partial charge in [0.2, 0.25) is 0 Å². The molecule has 2 N–H and O–H groups in total. The van der Waals surface area contributed by atoms with Crippen LogP contribution in [-0.2, 0) is 0 Å². The van der Waals surface area contributed by atoms with Crippen LogP contribution < -0.4 is 10.6 Å². The molecule has 0 aliphatic carbocycles. The predicted octanol–water partition coefficient (Wildman–Crippen LogP) is 2.07. The molecule has 0 spiro atoms. The third kappa shape index (κ3) is 3.42. The molecule has 102 valence electrons. The lowest BCUT2D eigenvalue weighted by Crippen LogP contribution is -2.60. The van der Waals surface area contributed by atoms with E-state index in [0.717, 1.165) is 12.8 Å². The van der Waals surface area contributed by atoms with Crippen molar-refractivity contribution in [3.05, 3.63) is 18.1 Å². The van der Waals surface area contributed by atoms with Gasteiger partial charge in [-0.05, 0) is 40.5 Å². The molecule has 1 aromatic rings. The molecule has 0 unspecified atom stereocenters. The summed E-state index contributed by atoms with van der Waals surface area (Å²) in [7, 11) is 0. The Bertz CT molecular complexity index is 485. The summed E-state index contributed by atoms with van der Waals surface area (Å²) in [6, 6.07) is 2.36. The molecule has 19 heavy (non-hydrogen) atoms. The molecule has 0 bridgehead atoms. The van der Waals surface area contributed by atoms with Gasteiger partial charge in [-0.3, -0.25) is 0 Å². The molecule has 1 aromatic heterocycles. The van der Waals surface area contributed by atoms with E-state index in [9.17, 15) is 0 Å². The first-order valence-electron chi connectivity index (χ1n) is 6.58. The molecule has 0 radical (unpaired) electrons. The van der Waals surface area contributed by atoms with Crippen molar-refractivity contribution in [1.82, 2.24) is 15.3 Å². The number of piperidine rings is 1. The van der Waals surface area contributed by atoms with Crippen LogP contribution in [0.15, 0.2) is 12.4 Å². The Morgan fingerprint density at radius 2 is 1.79 bits per heavy atom. The van der Waals surface area contributed by atoms with Crippen molar-refractivity contribution in [1.29, 1.82) is 5.26 Å². The van der Waals surface area contributed by atoms with Crippen molar-refractivity contribution in [2.24, 2.45) is 0 Å². The molecule has 1 saturated heterocycles. The smallest absolute Gasteiger partial charge is 0.182 e. The van der Waals surface area contributed by atoms with Gasteiger partial charge in [0.25, 0.3) is 0 Å². The molecule has 1 aliphatic rings. The van der Waals surface area contributed by atoms with Gasteiger partial charge in [0.1, 0.15) is 6.07 Å². The summed E-state index contributed by atoms with van der Waals surface area (Å²) in [5, 5.41) is 16.1. The summed E-state index contributed by atoms with van der Waals surface area (Å²) in [5.41, 5.74) is 0.486. The van der Waals surface area contributed by atoms with Crippen molar-refractivity contribution in [3.63, 3.8) is 0 Å². The van der Waals surface area contributed by atoms with Crippen LogP contribution in [0.25, 0.3) is 0 Å².